The summed E-state index contributed by atoms with van der Waals surface area (Å²) in [4.78, 5) is 25.4. The number of nitrogens with two attached hydrogens (primary N) is 2. The van der Waals surface area contributed by atoms with E-state index >= 15 is 0 Å². The Morgan fingerprint density at radius 2 is 1.97 bits per heavy atom. The average molecular weight is 428 g/mol. The third-order valence-electron chi connectivity index (χ3n) is 5.10. The maximum Gasteiger partial charge on any atom is 0.252 e. The number of pyridine rings is 2. The third-order valence-corrected chi connectivity index (χ3v) is 5.92. The van der Waals surface area contributed by atoms with Gasteiger partial charge in [0.1, 0.15) is 5.82 Å². The maximum atomic E-state index is 14.6. The molecular formula is C20H22FN7OS. The van der Waals surface area contributed by atoms with Gasteiger partial charge in [-0.2, -0.15) is 0 Å². The van der Waals surface area contributed by atoms with Crippen LogP contribution in [0.25, 0.3) is 10.4 Å². The average Bonchev–Trinajstić information content (AvgIpc) is 3.27. The van der Waals surface area contributed by atoms with Crippen molar-refractivity contribution in [1.82, 2.24) is 15.0 Å². The summed E-state index contributed by atoms with van der Waals surface area (Å²) in [5.41, 5.74) is 14.7. The van der Waals surface area contributed by atoms with Gasteiger partial charge in [-0.05, 0) is 25.0 Å². The Labute approximate surface area is 177 Å². The van der Waals surface area contributed by atoms with E-state index < -0.39 is 11.7 Å². The van der Waals surface area contributed by atoms with E-state index in [2.05, 4.69) is 25.6 Å². The molecule has 2 atom stereocenters. The van der Waals surface area contributed by atoms with Gasteiger partial charge in [-0.1, -0.05) is 12.8 Å². The van der Waals surface area contributed by atoms with Crippen molar-refractivity contribution in [3.63, 3.8) is 0 Å². The monoisotopic (exact) mass is 427 g/mol. The number of rotatable bonds is 6. The van der Waals surface area contributed by atoms with Gasteiger partial charge in [0, 0.05) is 30.0 Å². The number of carbonyl (C=O) groups excluding carboxylic acids is 1. The number of thiazole rings is 1. The van der Waals surface area contributed by atoms with Gasteiger partial charge in [-0.15, -0.1) is 11.3 Å². The molecular weight excluding hydrogens is 405 g/mol. The van der Waals surface area contributed by atoms with Crippen LogP contribution >= 0.6 is 11.3 Å². The van der Waals surface area contributed by atoms with Crippen molar-refractivity contribution in [2.75, 3.05) is 10.6 Å². The lowest BCUT2D eigenvalue weighted by Gasteiger charge is -2.30. The zero-order chi connectivity index (χ0) is 21.1. The minimum Gasteiger partial charge on any atom is -0.365 e. The van der Waals surface area contributed by atoms with Crippen LogP contribution in [0, 0.1) is 5.82 Å². The predicted octanol–water partition coefficient (Wildman–Crippen LogP) is 3.26. The van der Waals surface area contributed by atoms with Gasteiger partial charge in [0.2, 0.25) is 0 Å². The van der Waals surface area contributed by atoms with Gasteiger partial charge in [-0.25, -0.2) is 9.37 Å². The van der Waals surface area contributed by atoms with E-state index in [-0.39, 0.29) is 29.3 Å². The van der Waals surface area contributed by atoms with Crippen LogP contribution in [-0.2, 0) is 0 Å². The van der Waals surface area contributed by atoms with E-state index in [0.717, 1.165) is 42.2 Å². The molecule has 1 unspecified atom stereocenters. The number of hydrogen-bond acceptors (Lipinski definition) is 8. The standard InChI is InChI=1S/C20H22FN7OS/c21-14-6-13(18(23)29)19(28-20(14)27-16-4-2-1-3-15(16)22)26-12-5-11(7-24-8-12)17-9-25-10-30-17/h5-10,15-16H,1-4,22H2,(H2,23,29)(H2,26,27,28)/t15-,16?/m0/s1. The quantitative estimate of drug-likeness (QED) is 0.475. The zero-order valence-electron chi connectivity index (χ0n) is 16.1. The summed E-state index contributed by atoms with van der Waals surface area (Å²) in [5, 5.41) is 6.14. The molecule has 3 heterocycles. The zero-order valence-corrected chi connectivity index (χ0v) is 17.0. The highest BCUT2D eigenvalue weighted by Crippen LogP contribution is 2.29. The van der Waals surface area contributed by atoms with Crippen molar-refractivity contribution in [3.8, 4) is 10.4 Å². The molecule has 0 spiro atoms. The second kappa shape index (κ2) is 8.72. The number of primary amides is 1. The van der Waals surface area contributed by atoms with Gasteiger partial charge in [0.15, 0.2) is 11.6 Å². The second-order valence-corrected chi connectivity index (χ2v) is 8.12. The first-order chi connectivity index (χ1) is 14.5. The molecule has 1 aliphatic rings. The summed E-state index contributed by atoms with van der Waals surface area (Å²) in [6, 6.07) is 2.78. The van der Waals surface area contributed by atoms with E-state index in [1.165, 1.54) is 11.3 Å². The first-order valence-electron chi connectivity index (χ1n) is 9.64. The molecule has 0 aromatic carbocycles. The summed E-state index contributed by atoms with van der Waals surface area (Å²) in [5.74, 6) is -1.24. The van der Waals surface area contributed by atoms with Crippen molar-refractivity contribution in [2.24, 2.45) is 11.5 Å². The molecule has 1 fully saturated rings. The van der Waals surface area contributed by atoms with E-state index in [9.17, 15) is 9.18 Å². The van der Waals surface area contributed by atoms with E-state index in [4.69, 9.17) is 11.5 Å². The smallest absolute Gasteiger partial charge is 0.252 e. The molecule has 8 nitrogen and oxygen atoms in total. The number of hydrogen-bond donors (Lipinski definition) is 4. The third kappa shape index (κ3) is 4.39. The molecule has 6 N–H and O–H groups in total. The fourth-order valence-corrected chi connectivity index (χ4v) is 4.13. The number of halogens is 1. The lowest BCUT2D eigenvalue weighted by atomic mass is 9.91. The molecule has 1 amide bonds. The molecule has 156 valence electrons. The topological polar surface area (TPSA) is 132 Å². The van der Waals surface area contributed by atoms with E-state index in [1.54, 1.807) is 24.1 Å². The minimum atomic E-state index is -0.781. The molecule has 0 aliphatic heterocycles. The van der Waals surface area contributed by atoms with Crippen LogP contribution < -0.4 is 22.1 Å². The molecule has 0 radical (unpaired) electrons. The van der Waals surface area contributed by atoms with Crippen molar-refractivity contribution in [2.45, 2.75) is 37.8 Å². The Bertz CT molecular complexity index is 1040. The minimum absolute atomic E-state index is 0.0384. The first-order valence-corrected chi connectivity index (χ1v) is 10.5. The van der Waals surface area contributed by atoms with Gasteiger partial charge in [0.25, 0.3) is 5.91 Å². The van der Waals surface area contributed by atoms with Gasteiger partial charge < -0.3 is 22.1 Å². The number of nitrogens with zero attached hydrogens (tertiary/aromatic N) is 3. The molecule has 10 heteroatoms. The second-order valence-electron chi connectivity index (χ2n) is 7.23. The number of nitrogens with one attached hydrogen (secondary N) is 2. The summed E-state index contributed by atoms with van der Waals surface area (Å²) in [7, 11) is 0. The largest absolute Gasteiger partial charge is 0.365 e. The highest BCUT2D eigenvalue weighted by Gasteiger charge is 2.24. The van der Waals surface area contributed by atoms with Crippen LogP contribution in [-0.4, -0.2) is 32.9 Å². The summed E-state index contributed by atoms with van der Waals surface area (Å²) in [6.07, 6.45) is 8.84. The van der Waals surface area contributed by atoms with Crippen molar-refractivity contribution < 1.29 is 9.18 Å². The summed E-state index contributed by atoms with van der Waals surface area (Å²) in [6.45, 7) is 0. The molecule has 0 saturated heterocycles. The normalized spacial score (nSPS) is 18.7. The fraction of sp³-hybridized carbons (Fsp3) is 0.300. The highest BCUT2D eigenvalue weighted by molar-refractivity contribution is 7.13. The number of anilines is 3. The van der Waals surface area contributed by atoms with Crippen LogP contribution in [0.15, 0.2) is 36.2 Å². The fourth-order valence-electron chi connectivity index (χ4n) is 3.53. The van der Waals surface area contributed by atoms with Crippen LogP contribution in [0.2, 0.25) is 0 Å². The molecule has 30 heavy (non-hydrogen) atoms. The van der Waals surface area contributed by atoms with Gasteiger partial charge in [-0.3, -0.25) is 14.8 Å². The van der Waals surface area contributed by atoms with Crippen LogP contribution in [0.4, 0.5) is 21.7 Å². The van der Waals surface area contributed by atoms with Crippen molar-refractivity contribution >= 4 is 34.6 Å². The van der Waals surface area contributed by atoms with Gasteiger partial charge >= 0.3 is 0 Å². The lowest BCUT2D eigenvalue weighted by Crippen LogP contribution is -2.43. The number of amides is 1. The Kier molecular flexibility index (Phi) is 5.86. The summed E-state index contributed by atoms with van der Waals surface area (Å²) >= 11 is 1.48. The number of carbonyl (C=O) groups is 1. The van der Waals surface area contributed by atoms with Crippen molar-refractivity contribution in [3.05, 3.63) is 47.6 Å². The van der Waals surface area contributed by atoms with Crippen LogP contribution in [0.5, 0.6) is 0 Å². The number of aromatic nitrogens is 3. The van der Waals surface area contributed by atoms with Crippen LogP contribution in [0.1, 0.15) is 36.0 Å². The molecule has 3 aromatic rings. The maximum absolute atomic E-state index is 14.6. The predicted molar refractivity (Wildman–Crippen MR) is 115 cm³/mol. The lowest BCUT2D eigenvalue weighted by molar-refractivity contribution is 0.100. The Hall–Kier alpha value is -3.11. The Balaban J connectivity index is 1.64. The molecule has 0 bridgehead atoms. The van der Waals surface area contributed by atoms with E-state index in [1.807, 2.05) is 6.07 Å². The van der Waals surface area contributed by atoms with Crippen molar-refractivity contribution in [1.29, 1.82) is 0 Å². The Morgan fingerprint density at radius 3 is 2.70 bits per heavy atom. The molecule has 1 aliphatic carbocycles. The van der Waals surface area contributed by atoms with Crippen LogP contribution in [0.3, 0.4) is 0 Å². The Morgan fingerprint density at radius 1 is 1.13 bits per heavy atom. The molecule has 3 aromatic heterocycles. The van der Waals surface area contributed by atoms with E-state index in [0.29, 0.717) is 5.69 Å². The SMILES string of the molecule is NC(=O)c1cc(F)c(NC2CCCC[C@@H]2N)nc1Nc1cncc(-c2cncs2)c1. The van der Waals surface area contributed by atoms with Gasteiger partial charge in [0.05, 0.1) is 27.8 Å². The first kappa shape index (κ1) is 20.2. The summed E-state index contributed by atoms with van der Waals surface area (Å²) < 4.78 is 14.6. The molecule has 1 saturated carbocycles. The molecule has 4 rings (SSSR count). The highest BCUT2D eigenvalue weighted by atomic mass is 32.1.